The number of esters is 1. The lowest BCUT2D eigenvalue weighted by atomic mass is 10.2. The third-order valence-corrected chi connectivity index (χ3v) is 5.28. The largest absolute Gasteiger partial charge is 0.466 e. The lowest BCUT2D eigenvalue weighted by molar-refractivity contribution is -0.134. The Balaban J connectivity index is 1.92. The first kappa shape index (κ1) is 20.1. The highest BCUT2D eigenvalue weighted by Gasteiger charge is 2.13. The topological polar surface area (TPSA) is 52.6 Å². The maximum Gasteiger partial charge on any atom is 0.331 e. The molecule has 1 unspecified atom stereocenters. The molecule has 1 atom stereocenters. The van der Waals surface area contributed by atoms with Gasteiger partial charge in [0.1, 0.15) is 0 Å². The third kappa shape index (κ3) is 6.58. The average molecular weight is 372 g/mol. The van der Waals surface area contributed by atoms with Gasteiger partial charge in [-0.25, -0.2) is 9.00 Å². The van der Waals surface area contributed by atoms with Gasteiger partial charge in [-0.1, -0.05) is 48.0 Å². The van der Waals surface area contributed by atoms with E-state index in [1.807, 2.05) is 61.5 Å². The fraction of sp³-hybridized carbons (Fsp3) is 0.286. The first-order valence-corrected chi connectivity index (χ1v) is 9.64. The summed E-state index contributed by atoms with van der Waals surface area (Å²) in [6.07, 6.45) is 2.50. The number of carbonyl (C=O) groups is 1. The summed E-state index contributed by atoms with van der Waals surface area (Å²) in [5.41, 5.74) is 2.21. The molecule has 0 heterocycles. The van der Waals surface area contributed by atoms with Crippen LogP contribution in [0.25, 0.3) is 0 Å². The van der Waals surface area contributed by atoms with Crippen LogP contribution >= 0.6 is 0 Å². The quantitative estimate of drug-likeness (QED) is 0.377. The number of hydrogen-bond donors (Lipinski definition) is 0. The summed E-state index contributed by atoms with van der Waals surface area (Å²) in [5, 5.41) is 0. The van der Waals surface area contributed by atoms with Crippen molar-refractivity contribution in [3.05, 3.63) is 76.7 Å². The predicted molar refractivity (Wildman–Crippen MR) is 103 cm³/mol. The zero-order chi connectivity index (χ0) is 18.8. The standard InChI is InChI=1S/C21H24O4S/c1-17-10-12-19(13-11-17)26(23)20(15-21(22)24-2)9-6-14-25-16-18-7-4-3-5-8-18/h3-5,7-8,10-13,15H,6,9,14,16H2,1-2H3/b20-15+. The molecule has 0 amide bonds. The number of ether oxygens (including phenoxy) is 2. The summed E-state index contributed by atoms with van der Waals surface area (Å²) in [7, 11) is -0.0746. The zero-order valence-electron chi connectivity index (χ0n) is 15.1. The van der Waals surface area contributed by atoms with Gasteiger partial charge in [-0.3, -0.25) is 0 Å². The van der Waals surface area contributed by atoms with E-state index >= 15 is 0 Å². The number of hydrogen-bond acceptors (Lipinski definition) is 4. The minimum atomic E-state index is -1.39. The summed E-state index contributed by atoms with van der Waals surface area (Å²) in [5.74, 6) is -0.495. The number of aryl methyl sites for hydroxylation is 1. The molecule has 0 N–H and O–H groups in total. The maximum absolute atomic E-state index is 12.8. The average Bonchev–Trinajstić information content (AvgIpc) is 2.67. The molecule has 138 valence electrons. The molecule has 2 aromatic carbocycles. The van der Waals surface area contributed by atoms with Gasteiger partial charge in [0, 0.05) is 22.5 Å². The Morgan fingerprint density at radius 3 is 2.42 bits per heavy atom. The van der Waals surface area contributed by atoms with Crippen LogP contribution in [0.15, 0.2) is 70.5 Å². The van der Waals surface area contributed by atoms with Gasteiger partial charge < -0.3 is 9.47 Å². The molecule has 0 aliphatic rings. The van der Waals surface area contributed by atoms with E-state index in [0.717, 1.165) is 11.1 Å². The second-order valence-electron chi connectivity index (χ2n) is 5.86. The Labute approximate surface area is 157 Å². The first-order valence-electron chi connectivity index (χ1n) is 8.49. The summed E-state index contributed by atoms with van der Waals surface area (Å²) in [6.45, 7) is 3.04. The van der Waals surface area contributed by atoms with Crippen LogP contribution in [0.4, 0.5) is 0 Å². The van der Waals surface area contributed by atoms with Crippen LogP contribution < -0.4 is 0 Å². The number of methoxy groups -OCH3 is 1. The summed E-state index contributed by atoms with van der Waals surface area (Å²) in [4.78, 5) is 12.8. The molecule has 0 aliphatic heterocycles. The lowest BCUT2D eigenvalue weighted by Crippen LogP contribution is -2.04. The van der Waals surface area contributed by atoms with E-state index in [2.05, 4.69) is 0 Å². The summed E-state index contributed by atoms with van der Waals surface area (Å²) in [6, 6.07) is 17.4. The highest BCUT2D eigenvalue weighted by molar-refractivity contribution is 7.89. The monoisotopic (exact) mass is 372 g/mol. The van der Waals surface area contributed by atoms with E-state index in [-0.39, 0.29) is 0 Å². The van der Waals surface area contributed by atoms with Gasteiger partial charge in [-0.15, -0.1) is 0 Å². The van der Waals surface area contributed by atoms with Crippen molar-refractivity contribution in [2.75, 3.05) is 13.7 Å². The van der Waals surface area contributed by atoms with E-state index in [4.69, 9.17) is 9.47 Å². The van der Waals surface area contributed by atoms with Crippen molar-refractivity contribution in [1.82, 2.24) is 0 Å². The molecule has 2 aromatic rings. The Kier molecular flexibility index (Phi) is 8.25. The number of rotatable bonds is 9. The van der Waals surface area contributed by atoms with Crippen molar-refractivity contribution in [2.24, 2.45) is 0 Å². The molecule has 26 heavy (non-hydrogen) atoms. The van der Waals surface area contributed by atoms with Crippen LogP contribution in [0, 0.1) is 6.92 Å². The van der Waals surface area contributed by atoms with Crippen LogP contribution in [0.5, 0.6) is 0 Å². The number of carbonyl (C=O) groups excluding carboxylic acids is 1. The summed E-state index contributed by atoms with van der Waals surface area (Å²) < 4.78 is 23.1. The smallest absolute Gasteiger partial charge is 0.331 e. The molecule has 0 radical (unpaired) electrons. The maximum atomic E-state index is 12.8. The van der Waals surface area contributed by atoms with E-state index < -0.39 is 16.8 Å². The molecular formula is C21H24O4S. The highest BCUT2D eigenvalue weighted by Crippen LogP contribution is 2.20. The van der Waals surface area contributed by atoms with Crippen molar-refractivity contribution in [2.45, 2.75) is 31.3 Å². The second-order valence-corrected chi connectivity index (χ2v) is 7.39. The van der Waals surface area contributed by atoms with Crippen LogP contribution in [0.3, 0.4) is 0 Å². The second kappa shape index (κ2) is 10.7. The number of benzene rings is 2. The third-order valence-electron chi connectivity index (χ3n) is 3.78. The van der Waals surface area contributed by atoms with Gasteiger partial charge in [0.25, 0.3) is 0 Å². The van der Waals surface area contributed by atoms with Crippen LogP contribution in [0.1, 0.15) is 24.0 Å². The van der Waals surface area contributed by atoms with Gasteiger partial charge in [0.05, 0.1) is 24.5 Å². The Bertz CT molecular complexity index is 751. The van der Waals surface area contributed by atoms with Crippen LogP contribution in [-0.4, -0.2) is 23.9 Å². The molecule has 5 heteroatoms. The molecular weight excluding hydrogens is 348 g/mol. The van der Waals surface area contributed by atoms with E-state index in [9.17, 15) is 9.00 Å². The van der Waals surface area contributed by atoms with Gasteiger partial charge in [-0.05, 0) is 37.5 Å². The Morgan fingerprint density at radius 2 is 1.77 bits per heavy atom. The molecule has 0 bridgehead atoms. The Hall–Kier alpha value is -2.24. The zero-order valence-corrected chi connectivity index (χ0v) is 16.0. The molecule has 2 rings (SSSR count). The SMILES string of the molecule is COC(=O)/C=C(\CCCOCc1ccccc1)S(=O)c1ccc(C)cc1. The normalized spacial score (nSPS) is 12.6. The molecule has 0 saturated heterocycles. The van der Waals surface area contributed by atoms with Gasteiger partial charge in [0.2, 0.25) is 0 Å². The molecule has 0 aromatic heterocycles. The van der Waals surface area contributed by atoms with Crippen molar-refractivity contribution < 1.29 is 18.5 Å². The van der Waals surface area contributed by atoms with Crippen molar-refractivity contribution >= 4 is 16.8 Å². The number of allylic oxidation sites excluding steroid dienone is 1. The lowest BCUT2D eigenvalue weighted by Gasteiger charge is -2.09. The van der Waals surface area contributed by atoms with Gasteiger partial charge >= 0.3 is 5.97 Å². The predicted octanol–water partition coefficient (Wildman–Crippen LogP) is 4.16. The van der Waals surface area contributed by atoms with E-state index in [1.165, 1.54) is 13.2 Å². The van der Waals surface area contributed by atoms with E-state index in [0.29, 0.717) is 35.9 Å². The first-order chi connectivity index (χ1) is 12.6. The molecule has 0 saturated carbocycles. The molecule has 4 nitrogen and oxygen atoms in total. The van der Waals surface area contributed by atoms with Crippen molar-refractivity contribution in [3.63, 3.8) is 0 Å². The Morgan fingerprint density at radius 1 is 1.08 bits per heavy atom. The van der Waals surface area contributed by atoms with Crippen molar-refractivity contribution in [1.29, 1.82) is 0 Å². The fourth-order valence-corrected chi connectivity index (χ4v) is 3.55. The molecule has 0 aliphatic carbocycles. The molecule has 0 fully saturated rings. The van der Waals surface area contributed by atoms with E-state index in [1.54, 1.807) is 0 Å². The van der Waals surface area contributed by atoms with Crippen LogP contribution in [0.2, 0.25) is 0 Å². The van der Waals surface area contributed by atoms with Gasteiger partial charge in [0.15, 0.2) is 0 Å². The fourth-order valence-electron chi connectivity index (χ4n) is 2.33. The molecule has 0 spiro atoms. The van der Waals surface area contributed by atoms with Crippen molar-refractivity contribution in [3.8, 4) is 0 Å². The minimum absolute atomic E-state index is 0.495. The van der Waals surface area contributed by atoms with Crippen LogP contribution in [-0.2, 0) is 31.7 Å². The minimum Gasteiger partial charge on any atom is -0.466 e. The summed E-state index contributed by atoms with van der Waals surface area (Å²) >= 11 is 0. The van der Waals surface area contributed by atoms with Gasteiger partial charge in [-0.2, -0.15) is 0 Å². The highest BCUT2D eigenvalue weighted by atomic mass is 32.2.